The van der Waals surface area contributed by atoms with Gasteiger partial charge in [0.05, 0.1) is 0 Å². The molecule has 7 heteroatoms. The highest BCUT2D eigenvalue weighted by atomic mass is 16.5. The van der Waals surface area contributed by atoms with Crippen LogP contribution in [0.15, 0.2) is 47.7 Å². The summed E-state index contributed by atoms with van der Waals surface area (Å²) in [7, 11) is 1.67. The van der Waals surface area contributed by atoms with Gasteiger partial charge in [0.2, 0.25) is 0 Å². The number of ether oxygens (including phenoxy) is 1. The van der Waals surface area contributed by atoms with E-state index in [0.29, 0.717) is 19.1 Å². The molecule has 29 heavy (non-hydrogen) atoms. The summed E-state index contributed by atoms with van der Waals surface area (Å²) in [5.41, 5.74) is 0.0402. The molecule has 0 atom stereocenters. The maximum absolute atomic E-state index is 12.8. The third-order valence-electron chi connectivity index (χ3n) is 6.05. The van der Waals surface area contributed by atoms with E-state index in [0.717, 1.165) is 44.5 Å². The number of pyridine rings is 2. The van der Waals surface area contributed by atoms with E-state index in [2.05, 4.69) is 9.88 Å². The molecule has 2 aliphatic rings. The first-order chi connectivity index (χ1) is 14.1. The summed E-state index contributed by atoms with van der Waals surface area (Å²) in [5.74, 6) is 0.742. The second-order valence-corrected chi connectivity index (χ2v) is 7.90. The number of rotatable bonds is 4. The van der Waals surface area contributed by atoms with Crippen molar-refractivity contribution in [3.63, 3.8) is 0 Å². The summed E-state index contributed by atoms with van der Waals surface area (Å²) >= 11 is 0. The van der Waals surface area contributed by atoms with E-state index in [9.17, 15) is 9.59 Å². The number of hydrogen-bond acceptors (Lipinski definition) is 5. The van der Waals surface area contributed by atoms with Gasteiger partial charge < -0.3 is 14.2 Å². The molecule has 0 spiro atoms. The van der Waals surface area contributed by atoms with Gasteiger partial charge in [-0.1, -0.05) is 0 Å². The lowest BCUT2D eigenvalue weighted by atomic mass is 9.98. The van der Waals surface area contributed by atoms with Gasteiger partial charge in [-0.15, -0.1) is 0 Å². The number of nitrogens with zero attached hydrogens (tertiary/aromatic N) is 4. The van der Waals surface area contributed by atoms with Crippen molar-refractivity contribution in [2.24, 2.45) is 7.05 Å². The summed E-state index contributed by atoms with van der Waals surface area (Å²) < 4.78 is 7.51. The molecule has 4 rings (SSSR count). The minimum atomic E-state index is -0.226. The fourth-order valence-electron chi connectivity index (χ4n) is 4.33. The molecule has 2 aromatic heterocycles. The zero-order chi connectivity index (χ0) is 20.2. The van der Waals surface area contributed by atoms with Gasteiger partial charge in [-0.05, 0) is 49.9 Å². The Morgan fingerprint density at radius 1 is 1.03 bits per heavy atom. The monoisotopic (exact) mass is 396 g/mol. The van der Waals surface area contributed by atoms with Crippen molar-refractivity contribution < 1.29 is 9.53 Å². The van der Waals surface area contributed by atoms with Crippen LogP contribution in [0.2, 0.25) is 0 Å². The average Bonchev–Trinajstić information content (AvgIpc) is 2.77. The van der Waals surface area contributed by atoms with Crippen LogP contribution in [0.5, 0.6) is 5.75 Å². The minimum Gasteiger partial charge on any atom is -0.490 e. The van der Waals surface area contributed by atoms with E-state index < -0.39 is 0 Å². The van der Waals surface area contributed by atoms with Crippen molar-refractivity contribution in [3.8, 4) is 5.75 Å². The predicted molar refractivity (Wildman–Crippen MR) is 110 cm³/mol. The van der Waals surface area contributed by atoms with Crippen LogP contribution >= 0.6 is 0 Å². The van der Waals surface area contributed by atoms with Gasteiger partial charge in [-0.3, -0.25) is 19.5 Å². The molecule has 2 aromatic rings. The first-order valence-electron chi connectivity index (χ1n) is 10.4. The molecular formula is C22H28N4O3. The number of aromatic nitrogens is 2. The van der Waals surface area contributed by atoms with Crippen LogP contribution in [-0.2, 0) is 7.05 Å². The number of aryl methyl sites for hydroxylation is 1. The highest BCUT2D eigenvalue weighted by Crippen LogP contribution is 2.24. The molecule has 4 heterocycles. The first kappa shape index (κ1) is 19.6. The number of piperidine rings is 2. The smallest absolute Gasteiger partial charge is 0.263 e. The molecule has 2 fully saturated rings. The third kappa shape index (κ3) is 4.50. The SMILES string of the molecule is Cn1cccc(C(=O)N2CCC(N3CCC(Oc4ccncc4)CC3)CC2)c1=O. The highest BCUT2D eigenvalue weighted by Gasteiger charge is 2.31. The van der Waals surface area contributed by atoms with E-state index in [4.69, 9.17) is 4.74 Å². The van der Waals surface area contributed by atoms with Crippen LogP contribution in [0.1, 0.15) is 36.0 Å². The van der Waals surface area contributed by atoms with Crippen LogP contribution in [0, 0.1) is 0 Å². The molecular weight excluding hydrogens is 368 g/mol. The lowest BCUT2D eigenvalue weighted by molar-refractivity contribution is 0.0424. The van der Waals surface area contributed by atoms with Gasteiger partial charge in [-0.25, -0.2) is 0 Å². The van der Waals surface area contributed by atoms with Crippen molar-refractivity contribution in [2.75, 3.05) is 26.2 Å². The zero-order valence-electron chi connectivity index (χ0n) is 16.9. The Kier molecular flexibility index (Phi) is 5.94. The molecule has 2 saturated heterocycles. The first-order valence-corrected chi connectivity index (χ1v) is 10.4. The van der Waals surface area contributed by atoms with Crippen molar-refractivity contribution in [1.82, 2.24) is 19.4 Å². The molecule has 154 valence electrons. The number of likely N-dealkylation sites (tertiary alicyclic amines) is 2. The Balaban J connectivity index is 1.26. The van der Waals surface area contributed by atoms with Crippen molar-refractivity contribution >= 4 is 5.91 Å². The summed E-state index contributed by atoms with van der Waals surface area (Å²) in [6, 6.07) is 7.68. The molecule has 0 saturated carbocycles. The van der Waals surface area contributed by atoms with Crippen LogP contribution < -0.4 is 10.3 Å². The topological polar surface area (TPSA) is 67.7 Å². The normalized spacial score (nSPS) is 19.3. The number of hydrogen-bond donors (Lipinski definition) is 0. The molecule has 0 aromatic carbocycles. The Bertz CT molecular complexity index is 882. The minimum absolute atomic E-state index is 0.144. The lowest BCUT2D eigenvalue weighted by Crippen LogP contribution is -2.50. The molecule has 0 bridgehead atoms. The Labute approximate surface area is 170 Å². The van der Waals surface area contributed by atoms with Gasteiger partial charge in [0.25, 0.3) is 11.5 Å². The van der Waals surface area contributed by atoms with E-state index in [1.54, 1.807) is 37.8 Å². The predicted octanol–water partition coefficient (Wildman–Crippen LogP) is 1.93. The van der Waals surface area contributed by atoms with E-state index in [-0.39, 0.29) is 23.1 Å². The van der Waals surface area contributed by atoms with Gasteiger partial charge in [0.15, 0.2) is 0 Å². The number of carbonyl (C=O) groups is 1. The summed E-state index contributed by atoms with van der Waals surface area (Å²) in [4.78, 5) is 33.4. The van der Waals surface area contributed by atoms with Crippen molar-refractivity contribution in [3.05, 3.63) is 58.8 Å². The van der Waals surface area contributed by atoms with Crippen molar-refractivity contribution in [1.29, 1.82) is 0 Å². The number of carbonyl (C=O) groups excluding carboxylic acids is 1. The van der Waals surface area contributed by atoms with Gasteiger partial charge in [0.1, 0.15) is 17.4 Å². The fraction of sp³-hybridized carbons (Fsp3) is 0.500. The number of amides is 1. The Hall–Kier alpha value is -2.67. The summed E-state index contributed by atoms with van der Waals surface area (Å²) in [6.07, 6.45) is 9.37. The Morgan fingerprint density at radius 2 is 1.72 bits per heavy atom. The van der Waals surface area contributed by atoms with E-state index >= 15 is 0 Å². The third-order valence-corrected chi connectivity index (χ3v) is 6.05. The molecule has 0 radical (unpaired) electrons. The lowest BCUT2D eigenvalue weighted by Gasteiger charge is -2.41. The Morgan fingerprint density at radius 3 is 2.41 bits per heavy atom. The van der Waals surface area contributed by atoms with E-state index in [1.165, 1.54) is 4.57 Å². The summed E-state index contributed by atoms with van der Waals surface area (Å²) in [6.45, 7) is 3.45. The quantitative estimate of drug-likeness (QED) is 0.790. The molecule has 1 amide bonds. The van der Waals surface area contributed by atoms with Crippen LogP contribution in [0.4, 0.5) is 0 Å². The zero-order valence-corrected chi connectivity index (χ0v) is 16.9. The van der Waals surface area contributed by atoms with Crippen molar-refractivity contribution in [2.45, 2.75) is 37.8 Å². The summed E-state index contributed by atoms with van der Waals surface area (Å²) in [5, 5.41) is 0. The fourth-order valence-corrected chi connectivity index (χ4v) is 4.33. The highest BCUT2D eigenvalue weighted by molar-refractivity contribution is 5.93. The van der Waals surface area contributed by atoms with Gasteiger partial charge >= 0.3 is 0 Å². The van der Waals surface area contributed by atoms with E-state index in [1.807, 2.05) is 17.0 Å². The van der Waals surface area contributed by atoms with Gasteiger partial charge in [0, 0.05) is 57.9 Å². The maximum Gasteiger partial charge on any atom is 0.263 e. The molecule has 0 aliphatic carbocycles. The molecule has 2 aliphatic heterocycles. The standard InChI is InChI=1S/C22H28N4O3/c1-24-12-2-3-20(21(24)27)22(28)26-13-6-17(7-14-26)25-15-8-19(9-16-25)29-18-4-10-23-11-5-18/h2-5,10-12,17,19H,6-9,13-16H2,1H3. The second kappa shape index (κ2) is 8.78. The average molecular weight is 396 g/mol. The largest absolute Gasteiger partial charge is 0.490 e. The van der Waals surface area contributed by atoms with Crippen LogP contribution in [0.3, 0.4) is 0 Å². The molecule has 0 unspecified atom stereocenters. The molecule has 7 nitrogen and oxygen atoms in total. The molecule has 0 N–H and O–H groups in total. The van der Waals surface area contributed by atoms with Crippen LogP contribution in [-0.4, -0.2) is 63.6 Å². The maximum atomic E-state index is 12.8. The van der Waals surface area contributed by atoms with Crippen LogP contribution in [0.25, 0.3) is 0 Å². The van der Waals surface area contributed by atoms with Gasteiger partial charge in [-0.2, -0.15) is 0 Å². The second-order valence-electron chi connectivity index (χ2n) is 7.90.